The molecule has 1 N–H and O–H groups in total. The third-order valence-corrected chi connectivity index (χ3v) is 4.98. The number of thiazole rings is 1. The third-order valence-electron chi connectivity index (χ3n) is 3.69. The van der Waals surface area contributed by atoms with Crippen LogP contribution < -0.4 is 10.1 Å². The highest BCUT2D eigenvalue weighted by atomic mass is 35.5. The topological polar surface area (TPSA) is 59.0 Å². The van der Waals surface area contributed by atoms with Gasteiger partial charge in [0.2, 0.25) is 0 Å². The minimum Gasteiger partial charge on any atom is -0.492 e. The molecule has 26 heavy (non-hydrogen) atoms. The molecular weight excluding hydrogens is 372 g/mol. The van der Waals surface area contributed by atoms with Crippen molar-refractivity contribution in [2.45, 2.75) is 19.6 Å². The van der Waals surface area contributed by atoms with Crippen molar-refractivity contribution in [2.24, 2.45) is 4.99 Å². The molecule has 142 valence electrons. The first-order valence-electron chi connectivity index (χ1n) is 8.30. The Hall–Kier alpha value is -1.83. The number of nitrogens with zero attached hydrogens (tertiary/aromatic N) is 3. The molecule has 1 unspecified atom stereocenters. The van der Waals surface area contributed by atoms with E-state index in [1.54, 1.807) is 31.6 Å². The Morgan fingerprint density at radius 1 is 1.46 bits per heavy atom. The van der Waals surface area contributed by atoms with E-state index in [1.165, 1.54) is 0 Å². The number of rotatable bonds is 8. The van der Waals surface area contributed by atoms with Crippen molar-refractivity contribution in [1.29, 1.82) is 0 Å². The molecule has 0 bridgehead atoms. The molecule has 1 aromatic heterocycles. The van der Waals surface area contributed by atoms with Crippen LogP contribution in [0, 0.1) is 0 Å². The van der Waals surface area contributed by atoms with Gasteiger partial charge in [-0.15, -0.1) is 11.3 Å². The molecule has 2 rings (SSSR count). The fourth-order valence-corrected chi connectivity index (χ4v) is 3.30. The number of nitrogens with one attached hydrogen (secondary N) is 1. The quantitative estimate of drug-likeness (QED) is 0.419. The summed E-state index contributed by atoms with van der Waals surface area (Å²) in [6, 6.07) is 7.36. The van der Waals surface area contributed by atoms with Gasteiger partial charge in [-0.25, -0.2) is 4.98 Å². The summed E-state index contributed by atoms with van der Waals surface area (Å²) in [6.07, 6.45) is 0.0140. The Labute approximate surface area is 163 Å². The summed E-state index contributed by atoms with van der Waals surface area (Å²) in [4.78, 5) is 10.9. The summed E-state index contributed by atoms with van der Waals surface area (Å²) in [5.74, 6) is 1.54. The Morgan fingerprint density at radius 2 is 2.27 bits per heavy atom. The molecular formula is C18H25ClN4O2S. The largest absolute Gasteiger partial charge is 0.492 e. The van der Waals surface area contributed by atoms with Crippen molar-refractivity contribution in [1.82, 2.24) is 15.2 Å². The standard InChI is InChI=1S/C18H25ClN4O2S/c1-13(24-4)17-22-15(12-26-17)11-23(3)18(20-2)21-8-9-25-16-7-5-6-14(19)10-16/h5-7,10,12-13H,8-9,11H2,1-4H3,(H,20,21). The van der Waals surface area contributed by atoms with Crippen LogP contribution in [0.25, 0.3) is 0 Å². The first-order chi connectivity index (χ1) is 12.5. The van der Waals surface area contributed by atoms with Gasteiger partial charge < -0.3 is 19.7 Å². The van der Waals surface area contributed by atoms with Crippen molar-refractivity contribution < 1.29 is 9.47 Å². The molecule has 1 atom stereocenters. The normalized spacial score (nSPS) is 12.7. The molecule has 1 heterocycles. The van der Waals surface area contributed by atoms with E-state index in [4.69, 9.17) is 21.1 Å². The summed E-state index contributed by atoms with van der Waals surface area (Å²) in [5.41, 5.74) is 0.995. The Balaban J connectivity index is 1.79. The predicted molar refractivity (Wildman–Crippen MR) is 107 cm³/mol. The van der Waals surface area contributed by atoms with Gasteiger partial charge in [0.1, 0.15) is 23.5 Å². The summed E-state index contributed by atoms with van der Waals surface area (Å²) in [5, 5.41) is 6.98. The lowest BCUT2D eigenvalue weighted by Gasteiger charge is -2.21. The highest BCUT2D eigenvalue weighted by Gasteiger charge is 2.12. The zero-order valence-corrected chi connectivity index (χ0v) is 17.1. The summed E-state index contributed by atoms with van der Waals surface area (Å²) >= 11 is 7.56. The summed E-state index contributed by atoms with van der Waals surface area (Å²) in [6.45, 7) is 3.81. The number of hydrogen-bond donors (Lipinski definition) is 1. The highest BCUT2D eigenvalue weighted by Crippen LogP contribution is 2.21. The molecule has 0 aliphatic carbocycles. The monoisotopic (exact) mass is 396 g/mol. The molecule has 0 saturated heterocycles. The van der Waals surface area contributed by atoms with E-state index >= 15 is 0 Å². The second-order valence-corrected chi connectivity index (χ2v) is 7.02. The van der Waals surface area contributed by atoms with Crippen LogP contribution in [0.15, 0.2) is 34.6 Å². The van der Waals surface area contributed by atoms with Gasteiger partial charge in [-0.05, 0) is 25.1 Å². The second-order valence-electron chi connectivity index (χ2n) is 5.69. The molecule has 0 amide bonds. The Kier molecular flexibility index (Phi) is 8.15. The molecule has 0 radical (unpaired) electrons. The van der Waals surface area contributed by atoms with Crippen molar-refractivity contribution in [3.8, 4) is 5.75 Å². The second kappa shape index (κ2) is 10.4. The first-order valence-corrected chi connectivity index (χ1v) is 9.56. The molecule has 0 spiro atoms. The van der Waals surface area contributed by atoms with Gasteiger partial charge in [0.25, 0.3) is 0 Å². The van der Waals surface area contributed by atoms with Crippen LogP contribution in [-0.2, 0) is 11.3 Å². The molecule has 1 aromatic carbocycles. The van der Waals surface area contributed by atoms with Crippen molar-refractivity contribution in [3.63, 3.8) is 0 Å². The smallest absolute Gasteiger partial charge is 0.193 e. The van der Waals surface area contributed by atoms with Crippen LogP contribution >= 0.6 is 22.9 Å². The summed E-state index contributed by atoms with van der Waals surface area (Å²) in [7, 11) is 5.43. The van der Waals surface area contributed by atoms with E-state index in [2.05, 4.69) is 20.7 Å². The van der Waals surface area contributed by atoms with E-state index < -0.39 is 0 Å². The molecule has 0 aliphatic heterocycles. The van der Waals surface area contributed by atoms with Gasteiger partial charge in [-0.2, -0.15) is 0 Å². The lowest BCUT2D eigenvalue weighted by molar-refractivity contribution is 0.119. The molecule has 6 nitrogen and oxygen atoms in total. The number of guanidine groups is 1. The van der Waals surface area contributed by atoms with Crippen LogP contribution in [0.1, 0.15) is 23.7 Å². The third kappa shape index (κ3) is 6.16. The number of ether oxygens (including phenoxy) is 2. The van der Waals surface area contributed by atoms with Gasteiger partial charge in [0.15, 0.2) is 5.96 Å². The number of halogens is 1. The number of hydrogen-bond acceptors (Lipinski definition) is 5. The van der Waals surface area contributed by atoms with Gasteiger partial charge in [0, 0.05) is 31.6 Å². The predicted octanol–water partition coefficient (Wildman–Crippen LogP) is 3.59. The molecule has 8 heteroatoms. The average Bonchev–Trinajstić information content (AvgIpc) is 3.09. The van der Waals surface area contributed by atoms with Crippen molar-refractivity contribution >= 4 is 28.9 Å². The minimum atomic E-state index is 0.0140. The highest BCUT2D eigenvalue weighted by molar-refractivity contribution is 7.09. The van der Waals surface area contributed by atoms with Crippen molar-refractivity contribution in [2.75, 3.05) is 34.4 Å². The van der Waals surface area contributed by atoms with E-state index in [-0.39, 0.29) is 6.10 Å². The van der Waals surface area contributed by atoms with Gasteiger partial charge >= 0.3 is 0 Å². The average molecular weight is 397 g/mol. The first kappa shape index (κ1) is 20.5. The van der Waals surface area contributed by atoms with Gasteiger partial charge in [-0.3, -0.25) is 4.99 Å². The van der Waals surface area contributed by atoms with Crippen LogP contribution in [0.3, 0.4) is 0 Å². The summed E-state index contributed by atoms with van der Waals surface area (Å²) < 4.78 is 11.0. The van der Waals surface area contributed by atoms with Gasteiger partial charge in [-0.1, -0.05) is 17.7 Å². The van der Waals surface area contributed by atoms with Crippen LogP contribution in [-0.4, -0.2) is 50.2 Å². The van der Waals surface area contributed by atoms with E-state index in [9.17, 15) is 0 Å². The number of aliphatic imine (C=N–C) groups is 1. The molecule has 0 saturated carbocycles. The Morgan fingerprint density at radius 3 is 2.96 bits per heavy atom. The number of methoxy groups -OCH3 is 1. The maximum atomic E-state index is 5.95. The van der Waals surface area contributed by atoms with E-state index in [0.717, 1.165) is 22.4 Å². The molecule has 0 fully saturated rings. The molecule has 0 aliphatic rings. The van der Waals surface area contributed by atoms with Crippen LogP contribution in [0.5, 0.6) is 5.75 Å². The number of benzene rings is 1. The maximum absolute atomic E-state index is 5.95. The minimum absolute atomic E-state index is 0.0140. The lowest BCUT2D eigenvalue weighted by atomic mass is 10.3. The zero-order valence-electron chi connectivity index (χ0n) is 15.5. The van der Waals surface area contributed by atoms with Crippen molar-refractivity contribution in [3.05, 3.63) is 45.4 Å². The van der Waals surface area contributed by atoms with E-state index in [1.807, 2.05) is 37.1 Å². The van der Waals surface area contributed by atoms with Crippen LogP contribution in [0.4, 0.5) is 0 Å². The maximum Gasteiger partial charge on any atom is 0.193 e. The van der Waals surface area contributed by atoms with Crippen LogP contribution in [0.2, 0.25) is 5.02 Å². The SMILES string of the molecule is CN=C(NCCOc1cccc(Cl)c1)N(C)Cc1csc(C(C)OC)n1. The fourth-order valence-electron chi connectivity index (χ4n) is 2.27. The number of aromatic nitrogens is 1. The van der Waals surface area contributed by atoms with E-state index in [0.29, 0.717) is 24.7 Å². The van der Waals surface area contributed by atoms with Gasteiger partial charge in [0.05, 0.1) is 18.8 Å². The molecule has 2 aromatic rings. The lowest BCUT2D eigenvalue weighted by Crippen LogP contribution is -2.40. The Bertz CT molecular complexity index is 723. The zero-order chi connectivity index (χ0) is 18.9. The fraction of sp³-hybridized carbons (Fsp3) is 0.444.